The predicted octanol–water partition coefficient (Wildman–Crippen LogP) is 2.00. The van der Waals surface area contributed by atoms with Crippen LogP contribution in [-0.2, 0) is 4.74 Å². The van der Waals surface area contributed by atoms with Gasteiger partial charge in [-0.05, 0) is 18.1 Å². The molecule has 0 spiro atoms. The summed E-state index contributed by atoms with van der Waals surface area (Å²) in [6.45, 7) is 0. The first-order valence-electron chi connectivity index (χ1n) is 4.76. The Hall–Kier alpha value is -1.00. The average Bonchev–Trinajstić information content (AvgIpc) is 2.28. The highest BCUT2D eigenvalue weighted by atomic mass is 32.2. The molecule has 80 valence electrons. The average molecular weight is 224 g/mol. The maximum absolute atomic E-state index is 11.5. The highest BCUT2D eigenvalue weighted by molar-refractivity contribution is 7.99. The van der Waals surface area contributed by atoms with Gasteiger partial charge in [0.2, 0.25) is 0 Å². The number of hydrogen-bond acceptors (Lipinski definition) is 4. The van der Waals surface area contributed by atoms with Crippen LogP contribution in [0.1, 0.15) is 28.4 Å². The Morgan fingerprint density at radius 3 is 3.13 bits per heavy atom. The molecule has 1 N–H and O–H groups in total. The van der Waals surface area contributed by atoms with E-state index in [0.717, 1.165) is 22.6 Å². The molecular weight excluding hydrogens is 212 g/mol. The van der Waals surface area contributed by atoms with E-state index in [1.54, 1.807) is 23.9 Å². The van der Waals surface area contributed by atoms with Crippen LogP contribution in [0.4, 0.5) is 0 Å². The Labute approximate surface area is 92.4 Å². The third-order valence-corrected chi connectivity index (χ3v) is 3.63. The number of esters is 1. The van der Waals surface area contributed by atoms with E-state index in [9.17, 15) is 9.90 Å². The Morgan fingerprint density at radius 2 is 2.40 bits per heavy atom. The van der Waals surface area contributed by atoms with E-state index in [2.05, 4.69) is 0 Å². The van der Waals surface area contributed by atoms with E-state index in [-0.39, 0.29) is 5.97 Å². The summed E-state index contributed by atoms with van der Waals surface area (Å²) < 4.78 is 4.70. The minimum atomic E-state index is -0.453. The summed E-state index contributed by atoms with van der Waals surface area (Å²) >= 11 is 1.60. The monoisotopic (exact) mass is 224 g/mol. The number of fused-ring (bicyclic) bond motifs is 1. The van der Waals surface area contributed by atoms with Crippen molar-refractivity contribution in [2.75, 3.05) is 12.9 Å². The molecule has 0 saturated carbocycles. The Morgan fingerprint density at radius 1 is 1.60 bits per heavy atom. The van der Waals surface area contributed by atoms with Crippen LogP contribution < -0.4 is 0 Å². The molecule has 1 aliphatic rings. The second-order valence-corrected chi connectivity index (χ2v) is 4.47. The Balaban J connectivity index is 2.49. The first-order chi connectivity index (χ1) is 7.24. The molecule has 0 aliphatic carbocycles. The fraction of sp³-hybridized carbons (Fsp3) is 0.364. The van der Waals surface area contributed by atoms with Gasteiger partial charge in [0.15, 0.2) is 0 Å². The number of benzene rings is 1. The van der Waals surface area contributed by atoms with Gasteiger partial charge in [-0.3, -0.25) is 0 Å². The van der Waals surface area contributed by atoms with Crippen molar-refractivity contribution >= 4 is 17.7 Å². The molecule has 1 aromatic rings. The van der Waals surface area contributed by atoms with Gasteiger partial charge in [0, 0.05) is 10.6 Å². The van der Waals surface area contributed by atoms with Crippen molar-refractivity contribution in [2.24, 2.45) is 0 Å². The molecule has 0 saturated heterocycles. The molecule has 4 heteroatoms. The van der Waals surface area contributed by atoms with Gasteiger partial charge in [-0.2, -0.15) is 0 Å². The molecule has 1 aliphatic heterocycles. The summed E-state index contributed by atoms with van der Waals surface area (Å²) in [6.07, 6.45) is 0.285. The number of carbonyl (C=O) groups is 1. The largest absolute Gasteiger partial charge is 0.465 e. The molecule has 0 aromatic heterocycles. The first kappa shape index (κ1) is 10.5. The van der Waals surface area contributed by atoms with Crippen molar-refractivity contribution in [3.63, 3.8) is 0 Å². The van der Waals surface area contributed by atoms with Gasteiger partial charge in [-0.1, -0.05) is 12.1 Å². The van der Waals surface area contributed by atoms with Crippen molar-refractivity contribution < 1.29 is 14.6 Å². The molecular formula is C11H12O3S. The lowest BCUT2D eigenvalue weighted by Gasteiger charge is -2.22. The van der Waals surface area contributed by atoms with Crippen LogP contribution >= 0.6 is 11.8 Å². The second-order valence-electron chi connectivity index (χ2n) is 3.37. The number of aliphatic hydroxyl groups is 1. The van der Waals surface area contributed by atoms with Gasteiger partial charge >= 0.3 is 5.97 Å². The minimum Gasteiger partial charge on any atom is -0.465 e. The summed E-state index contributed by atoms with van der Waals surface area (Å²) in [4.78, 5) is 12.3. The van der Waals surface area contributed by atoms with E-state index >= 15 is 0 Å². The quantitative estimate of drug-likeness (QED) is 0.741. The van der Waals surface area contributed by atoms with Gasteiger partial charge in [0.05, 0.1) is 18.8 Å². The Bertz CT molecular complexity index is 389. The third kappa shape index (κ3) is 1.87. The van der Waals surface area contributed by atoms with E-state index in [1.807, 2.05) is 6.07 Å². The zero-order valence-electron chi connectivity index (χ0n) is 8.40. The van der Waals surface area contributed by atoms with Crippen LogP contribution in [0, 0.1) is 0 Å². The lowest BCUT2D eigenvalue weighted by molar-refractivity contribution is 0.0595. The zero-order chi connectivity index (χ0) is 10.8. The molecule has 1 atom stereocenters. The number of methoxy groups -OCH3 is 1. The van der Waals surface area contributed by atoms with Gasteiger partial charge in [-0.25, -0.2) is 4.79 Å². The predicted molar refractivity (Wildman–Crippen MR) is 58.1 cm³/mol. The standard InChI is InChI=1S/C11H12O3S/c1-14-11(13)8-4-2-3-7-9(12)5-6-15-10(7)8/h2-4,9,12H,5-6H2,1H3. The lowest BCUT2D eigenvalue weighted by Crippen LogP contribution is -2.11. The van der Waals surface area contributed by atoms with E-state index in [1.165, 1.54) is 7.11 Å². The Kier molecular flexibility index (Phi) is 2.98. The number of thioether (sulfide) groups is 1. The molecule has 2 rings (SSSR count). The van der Waals surface area contributed by atoms with Crippen molar-refractivity contribution in [1.82, 2.24) is 0 Å². The highest BCUT2D eigenvalue weighted by Gasteiger charge is 2.23. The van der Waals surface area contributed by atoms with Crippen LogP contribution in [0.2, 0.25) is 0 Å². The highest BCUT2D eigenvalue weighted by Crippen LogP contribution is 2.38. The number of hydrogen-bond donors (Lipinski definition) is 1. The fourth-order valence-corrected chi connectivity index (χ4v) is 2.90. The van der Waals surface area contributed by atoms with E-state index in [4.69, 9.17) is 4.74 Å². The summed E-state index contributed by atoms with van der Waals surface area (Å²) in [5.74, 6) is 0.496. The van der Waals surface area contributed by atoms with Gasteiger partial charge < -0.3 is 9.84 Å². The molecule has 0 bridgehead atoms. The number of ether oxygens (including phenoxy) is 1. The molecule has 0 amide bonds. The topological polar surface area (TPSA) is 46.5 Å². The van der Waals surface area contributed by atoms with Gasteiger partial charge in [0.1, 0.15) is 0 Å². The summed E-state index contributed by atoms with van der Waals surface area (Å²) in [5.41, 5.74) is 1.40. The normalized spacial score (nSPS) is 19.5. The maximum Gasteiger partial charge on any atom is 0.339 e. The second kappa shape index (κ2) is 4.24. The van der Waals surface area contributed by atoms with Crippen molar-refractivity contribution in [3.8, 4) is 0 Å². The summed E-state index contributed by atoms with van der Waals surface area (Å²) in [6, 6.07) is 5.37. The summed E-state index contributed by atoms with van der Waals surface area (Å²) in [7, 11) is 1.37. The lowest BCUT2D eigenvalue weighted by atomic mass is 10.0. The van der Waals surface area contributed by atoms with E-state index in [0.29, 0.717) is 5.56 Å². The van der Waals surface area contributed by atoms with Crippen molar-refractivity contribution in [3.05, 3.63) is 29.3 Å². The van der Waals surface area contributed by atoms with Crippen LogP contribution in [0.5, 0.6) is 0 Å². The van der Waals surface area contributed by atoms with Gasteiger partial charge in [-0.15, -0.1) is 11.8 Å². The number of rotatable bonds is 1. The van der Waals surface area contributed by atoms with Crippen molar-refractivity contribution in [2.45, 2.75) is 17.4 Å². The smallest absolute Gasteiger partial charge is 0.339 e. The third-order valence-electron chi connectivity index (χ3n) is 2.45. The molecule has 3 nitrogen and oxygen atoms in total. The molecule has 1 aromatic carbocycles. The molecule has 1 unspecified atom stereocenters. The molecule has 15 heavy (non-hydrogen) atoms. The SMILES string of the molecule is COC(=O)c1cccc2c1SCCC2O. The summed E-state index contributed by atoms with van der Waals surface area (Å²) in [5, 5.41) is 9.77. The molecule has 0 radical (unpaired) electrons. The minimum absolute atomic E-state index is 0.339. The maximum atomic E-state index is 11.5. The molecule has 1 heterocycles. The fourth-order valence-electron chi connectivity index (χ4n) is 1.68. The van der Waals surface area contributed by atoms with Crippen LogP contribution in [0.3, 0.4) is 0 Å². The van der Waals surface area contributed by atoms with Gasteiger partial charge in [0.25, 0.3) is 0 Å². The zero-order valence-corrected chi connectivity index (χ0v) is 9.21. The first-order valence-corrected chi connectivity index (χ1v) is 5.74. The van der Waals surface area contributed by atoms with Crippen LogP contribution in [-0.4, -0.2) is 23.9 Å². The van der Waals surface area contributed by atoms with Crippen LogP contribution in [0.15, 0.2) is 23.1 Å². The number of aliphatic hydroxyl groups excluding tert-OH is 1. The van der Waals surface area contributed by atoms with E-state index < -0.39 is 6.10 Å². The number of carbonyl (C=O) groups excluding carboxylic acids is 1. The molecule has 0 fully saturated rings. The van der Waals surface area contributed by atoms with Crippen molar-refractivity contribution in [1.29, 1.82) is 0 Å². The van der Waals surface area contributed by atoms with Crippen LogP contribution in [0.25, 0.3) is 0 Å².